The molecule has 0 unspecified atom stereocenters. The van der Waals surface area contributed by atoms with Crippen LogP contribution in [0.2, 0.25) is 0 Å². The van der Waals surface area contributed by atoms with Crippen LogP contribution >= 0.6 is 0 Å². The predicted molar refractivity (Wildman–Crippen MR) is 110 cm³/mol. The highest BCUT2D eigenvalue weighted by Crippen LogP contribution is 2.24. The van der Waals surface area contributed by atoms with Crippen molar-refractivity contribution >= 4 is 9.84 Å². The Bertz CT molecular complexity index is 1030. The number of hydrogen-bond acceptors (Lipinski definition) is 5. The first kappa shape index (κ1) is 20.0. The van der Waals surface area contributed by atoms with Crippen LogP contribution in [-0.4, -0.2) is 30.2 Å². The minimum atomic E-state index is -3.29. The number of aromatic nitrogens is 2. The lowest BCUT2D eigenvalue weighted by Crippen LogP contribution is -2.13. The van der Waals surface area contributed by atoms with Gasteiger partial charge in [0, 0.05) is 12.0 Å². The molecule has 3 aromatic rings. The molecule has 0 saturated heterocycles. The summed E-state index contributed by atoms with van der Waals surface area (Å²) < 4.78 is 30.4. The van der Waals surface area contributed by atoms with Crippen molar-refractivity contribution in [1.82, 2.24) is 9.97 Å². The smallest absolute Gasteiger partial charge is 0.235 e. The number of rotatable bonds is 7. The lowest BCUT2D eigenvalue weighted by molar-refractivity contribution is 0.306. The predicted octanol–water partition coefficient (Wildman–Crippen LogP) is 4.26. The van der Waals surface area contributed by atoms with Gasteiger partial charge in [-0.15, -0.1) is 0 Å². The Labute approximate surface area is 166 Å². The van der Waals surface area contributed by atoms with E-state index >= 15 is 0 Å². The lowest BCUT2D eigenvalue weighted by atomic mass is 10.1. The fourth-order valence-electron chi connectivity index (χ4n) is 2.71. The molecule has 3 rings (SSSR count). The summed E-state index contributed by atoms with van der Waals surface area (Å²) in [7, 11) is -3.29. The van der Waals surface area contributed by atoms with Crippen molar-refractivity contribution in [3.05, 3.63) is 72.1 Å². The van der Waals surface area contributed by atoms with E-state index in [1.165, 1.54) is 5.56 Å². The molecule has 6 heteroatoms. The van der Waals surface area contributed by atoms with Gasteiger partial charge in [0.05, 0.1) is 34.3 Å². The second-order valence-corrected chi connectivity index (χ2v) is 9.35. The first-order valence-corrected chi connectivity index (χ1v) is 10.8. The third-order valence-corrected chi connectivity index (χ3v) is 6.65. The van der Waals surface area contributed by atoms with E-state index < -0.39 is 15.1 Å². The molecule has 0 aliphatic rings. The molecule has 5 nitrogen and oxygen atoms in total. The van der Waals surface area contributed by atoms with Gasteiger partial charge in [0.25, 0.3) is 0 Å². The Morgan fingerprint density at radius 3 is 2.32 bits per heavy atom. The zero-order valence-corrected chi connectivity index (χ0v) is 17.1. The molecule has 1 heterocycles. The summed E-state index contributed by atoms with van der Waals surface area (Å²) >= 11 is 0. The molecule has 0 spiro atoms. The molecular weight excluding hydrogens is 372 g/mol. The molecular formula is C22H24N2O3S. The minimum Gasteiger partial charge on any atom is -0.476 e. The third kappa shape index (κ3) is 4.57. The van der Waals surface area contributed by atoms with Gasteiger partial charge in [0.1, 0.15) is 0 Å². The number of ether oxygens (including phenoxy) is 1. The number of aryl methyl sites for hydroxylation is 1. The summed E-state index contributed by atoms with van der Waals surface area (Å²) in [6.45, 7) is 5.71. The zero-order chi connectivity index (χ0) is 20.1. The van der Waals surface area contributed by atoms with E-state index in [4.69, 9.17) is 4.74 Å². The summed E-state index contributed by atoms with van der Waals surface area (Å²) in [5.74, 6) is 0.493. The summed E-state index contributed by atoms with van der Waals surface area (Å²) in [5, 5.41) is -0.456. The highest BCUT2D eigenvalue weighted by molar-refractivity contribution is 7.92. The number of benzene rings is 2. The molecule has 0 N–H and O–H groups in total. The first-order chi connectivity index (χ1) is 13.4. The van der Waals surface area contributed by atoms with Crippen LogP contribution in [0.3, 0.4) is 0 Å². The molecule has 0 atom stereocenters. The molecule has 0 aliphatic heterocycles. The quantitative estimate of drug-likeness (QED) is 0.597. The van der Waals surface area contributed by atoms with Gasteiger partial charge in [-0.1, -0.05) is 42.5 Å². The fraction of sp³-hybridized carbons (Fsp3) is 0.273. The average Bonchev–Trinajstić information content (AvgIpc) is 2.70. The molecule has 2 aromatic carbocycles. The van der Waals surface area contributed by atoms with Crippen LogP contribution in [-0.2, 0) is 16.3 Å². The highest BCUT2D eigenvalue weighted by Gasteiger charge is 2.19. The summed E-state index contributed by atoms with van der Waals surface area (Å²) in [5.41, 5.74) is 3.36. The third-order valence-electron chi connectivity index (χ3n) is 4.48. The van der Waals surface area contributed by atoms with E-state index in [1.54, 1.807) is 44.3 Å². The van der Waals surface area contributed by atoms with E-state index in [-0.39, 0.29) is 0 Å². The monoisotopic (exact) mass is 396 g/mol. The Morgan fingerprint density at radius 2 is 1.68 bits per heavy atom. The molecule has 28 heavy (non-hydrogen) atoms. The van der Waals surface area contributed by atoms with Crippen LogP contribution in [0.15, 0.2) is 65.7 Å². The standard InChI is InChI=1S/C22H24N2O3S/c1-16(2)28(25,26)20-11-9-19(10-12-20)21-15-23-17(3)22(24-21)27-14-13-18-7-5-4-6-8-18/h4-12,15-16H,13-14H2,1-3H3. The van der Waals surface area contributed by atoms with Crippen LogP contribution in [0, 0.1) is 6.92 Å². The van der Waals surface area contributed by atoms with Gasteiger partial charge in [-0.2, -0.15) is 0 Å². The highest BCUT2D eigenvalue weighted by atomic mass is 32.2. The van der Waals surface area contributed by atoms with Crippen molar-refractivity contribution in [2.75, 3.05) is 6.61 Å². The van der Waals surface area contributed by atoms with Crippen LogP contribution in [0.5, 0.6) is 5.88 Å². The molecule has 1 aromatic heterocycles. The van der Waals surface area contributed by atoms with Crippen molar-refractivity contribution in [1.29, 1.82) is 0 Å². The van der Waals surface area contributed by atoms with E-state index in [1.807, 2.05) is 25.1 Å². The summed E-state index contributed by atoms with van der Waals surface area (Å²) in [4.78, 5) is 9.25. The SMILES string of the molecule is Cc1ncc(-c2ccc(S(=O)(=O)C(C)C)cc2)nc1OCCc1ccccc1. The second-order valence-electron chi connectivity index (χ2n) is 6.85. The normalized spacial score (nSPS) is 11.6. The van der Waals surface area contributed by atoms with E-state index in [9.17, 15) is 8.42 Å². The summed E-state index contributed by atoms with van der Waals surface area (Å²) in [6, 6.07) is 16.8. The molecule has 0 radical (unpaired) electrons. The minimum absolute atomic E-state index is 0.311. The fourth-order valence-corrected chi connectivity index (χ4v) is 3.77. The number of hydrogen-bond donors (Lipinski definition) is 0. The van der Waals surface area contributed by atoms with Crippen LogP contribution in [0.4, 0.5) is 0 Å². The van der Waals surface area contributed by atoms with Crippen molar-refractivity contribution < 1.29 is 13.2 Å². The molecule has 0 bridgehead atoms. The molecule has 0 aliphatic carbocycles. The largest absolute Gasteiger partial charge is 0.476 e. The average molecular weight is 397 g/mol. The van der Waals surface area contributed by atoms with Gasteiger partial charge < -0.3 is 4.74 Å². The van der Waals surface area contributed by atoms with Gasteiger partial charge in [-0.05, 0) is 38.5 Å². The number of nitrogens with zero attached hydrogens (tertiary/aromatic N) is 2. The lowest BCUT2D eigenvalue weighted by Gasteiger charge is -2.11. The topological polar surface area (TPSA) is 69.2 Å². The Kier molecular flexibility index (Phi) is 6.09. The first-order valence-electron chi connectivity index (χ1n) is 9.22. The number of sulfone groups is 1. The van der Waals surface area contributed by atoms with Crippen LogP contribution < -0.4 is 4.74 Å². The second kappa shape index (κ2) is 8.52. The molecule has 146 valence electrons. The zero-order valence-electron chi connectivity index (χ0n) is 16.3. The Balaban J connectivity index is 1.75. The van der Waals surface area contributed by atoms with Gasteiger partial charge in [0.15, 0.2) is 9.84 Å². The van der Waals surface area contributed by atoms with Gasteiger partial charge in [-0.3, -0.25) is 4.98 Å². The summed E-state index contributed by atoms with van der Waals surface area (Å²) in [6.07, 6.45) is 2.46. The maximum Gasteiger partial charge on any atom is 0.235 e. The van der Waals surface area contributed by atoms with E-state index in [0.717, 1.165) is 17.7 Å². The van der Waals surface area contributed by atoms with Crippen LogP contribution in [0.1, 0.15) is 25.1 Å². The van der Waals surface area contributed by atoms with Crippen molar-refractivity contribution in [3.63, 3.8) is 0 Å². The molecule has 0 saturated carbocycles. The maximum absolute atomic E-state index is 12.3. The van der Waals surface area contributed by atoms with Gasteiger partial charge in [-0.25, -0.2) is 13.4 Å². The van der Waals surface area contributed by atoms with E-state index in [0.29, 0.717) is 23.1 Å². The van der Waals surface area contributed by atoms with Crippen molar-refractivity contribution in [3.8, 4) is 17.1 Å². The Morgan fingerprint density at radius 1 is 1.00 bits per heavy atom. The van der Waals surface area contributed by atoms with Crippen molar-refractivity contribution in [2.24, 2.45) is 0 Å². The molecule has 0 amide bonds. The van der Waals surface area contributed by atoms with Gasteiger partial charge >= 0.3 is 0 Å². The van der Waals surface area contributed by atoms with E-state index in [2.05, 4.69) is 22.1 Å². The van der Waals surface area contributed by atoms with Crippen molar-refractivity contribution in [2.45, 2.75) is 37.3 Å². The van der Waals surface area contributed by atoms with Crippen LogP contribution in [0.25, 0.3) is 11.3 Å². The molecule has 0 fully saturated rings. The van der Waals surface area contributed by atoms with Gasteiger partial charge in [0.2, 0.25) is 5.88 Å². The maximum atomic E-state index is 12.3. The Hall–Kier alpha value is -2.73.